The quantitative estimate of drug-likeness (QED) is 0.0309. The number of alkyl halides is 12. The summed E-state index contributed by atoms with van der Waals surface area (Å²) in [6.07, 6.45) is -2.74. The summed E-state index contributed by atoms with van der Waals surface area (Å²) in [7, 11) is -19.9. The minimum atomic E-state index is -6.00. The van der Waals surface area contributed by atoms with Gasteiger partial charge in [0.15, 0.2) is 110 Å². The molecule has 36 heteroatoms. The Balaban J connectivity index is 0.000000211. The molecule has 3 aliphatic heterocycles. The zero-order valence-electron chi connectivity index (χ0n) is 78.9. The van der Waals surface area contributed by atoms with Crippen LogP contribution in [-0.2, 0) is 125 Å². The molecule has 18 nitrogen and oxygen atoms in total. The van der Waals surface area contributed by atoms with Crippen LogP contribution in [0.25, 0.3) is 0 Å². The molecule has 0 aliphatic carbocycles. The normalized spacial score (nSPS) is 21.0. The molecule has 3 fully saturated rings. The van der Waals surface area contributed by atoms with Crippen molar-refractivity contribution in [1.29, 1.82) is 0 Å². The molecule has 136 heavy (non-hydrogen) atoms. The molecule has 744 valence electrons. The van der Waals surface area contributed by atoms with Gasteiger partial charge in [-0.25, -0.2) is 25.3 Å². The number of hydrogen-bond donors (Lipinski definition) is 0. The van der Waals surface area contributed by atoms with Crippen LogP contribution in [0.15, 0.2) is 262 Å². The Bertz CT molecular complexity index is 5820. The van der Waals surface area contributed by atoms with Crippen LogP contribution in [0.5, 0.6) is 17.2 Å². The summed E-state index contributed by atoms with van der Waals surface area (Å²) in [6.45, 7) is 32.9. The second-order valence-electron chi connectivity index (χ2n) is 38.2. The average molecular weight is 2030 g/mol. The third-order valence-corrected chi connectivity index (χ3v) is 33.4. The van der Waals surface area contributed by atoms with E-state index in [9.17, 15) is 91.6 Å². The molecule has 3 aliphatic rings. The van der Waals surface area contributed by atoms with Gasteiger partial charge in [0.2, 0.25) is 0 Å². The van der Waals surface area contributed by atoms with Crippen molar-refractivity contribution in [2.45, 2.75) is 293 Å². The van der Waals surface area contributed by atoms with Gasteiger partial charge >= 0.3 is 33.5 Å². The first-order valence-electron chi connectivity index (χ1n) is 43.7. The average Bonchev–Trinajstić information content (AvgIpc) is 0.744. The molecule has 0 saturated carbocycles. The van der Waals surface area contributed by atoms with E-state index in [0.717, 1.165) is 104 Å². The van der Waals surface area contributed by atoms with Crippen molar-refractivity contribution in [2.24, 2.45) is 11.3 Å². The standard InChI is InChI=1S/2C34H42F2O6S2.C32H32F8O6S2/c1-24(34(35,36)44(37,38)39)42-27-12-18-30(19-13-27)43(28-14-8-25(9-15-28)31(2,3)4)29-16-10-26(11-17-29)33(7)40-22-20-32(5,6)21-23-41-33;1-23-20-21-40-33(7,42-24(2)22-23)27-10-16-30(17-11-27)43(29-14-8-26(9-15-29)32(4,5)6)31-18-12-28(13-19-31)41-25(3)34(35,36)44(37,38)39;1-20(31(37,38)48(41,42)43)46-23-10-16-26(17-11-23)47(24-12-6-21(7-13-24)27(2,3)4)25-14-8-22(9-15-25)28(5)44-18-29(33,34)32(39,40)30(35,36)19-45-28/h8-19,24H,20-23H2,1-7H3;8-19,23-25H,20-22H2,1-7H3;6-17,20H,18-19H2,1-5H3. The van der Waals surface area contributed by atoms with Crippen LogP contribution in [0.1, 0.15) is 191 Å². The summed E-state index contributed by atoms with van der Waals surface area (Å²) >= 11 is 0. The van der Waals surface area contributed by atoms with Gasteiger partial charge in [0, 0.05) is 16.7 Å². The van der Waals surface area contributed by atoms with Crippen LogP contribution in [0.4, 0.5) is 52.7 Å². The number of rotatable bonds is 24. The minimum absolute atomic E-state index is 0.0123. The monoisotopic (exact) mass is 2020 g/mol. The Morgan fingerprint density at radius 2 is 0.566 bits per heavy atom. The van der Waals surface area contributed by atoms with Crippen molar-refractivity contribution in [3.05, 3.63) is 252 Å². The lowest BCUT2D eigenvalue weighted by atomic mass is 9.86. The molecule has 0 aromatic heterocycles. The predicted octanol–water partition coefficient (Wildman–Crippen LogP) is 24.1. The number of hydrogen-bond acceptors (Lipinski definition) is 18. The number of halogens is 12. The van der Waals surface area contributed by atoms with E-state index in [-0.39, 0.29) is 50.6 Å². The van der Waals surface area contributed by atoms with Gasteiger partial charge in [0.1, 0.15) is 30.5 Å². The van der Waals surface area contributed by atoms with Crippen LogP contribution in [-0.4, -0.2) is 130 Å². The molecule has 9 aromatic carbocycles. The fourth-order valence-electron chi connectivity index (χ4n) is 14.8. The van der Waals surface area contributed by atoms with Crippen molar-refractivity contribution in [3.63, 3.8) is 0 Å². The van der Waals surface area contributed by atoms with E-state index < -0.39 is 145 Å². The molecule has 3 heterocycles. The highest BCUT2D eigenvalue weighted by Gasteiger charge is 2.73. The van der Waals surface area contributed by atoms with Crippen molar-refractivity contribution in [1.82, 2.24) is 0 Å². The van der Waals surface area contributed by atoms with E-state index in [1.807, 2.05) is 83.1 Å². The topological polar surface area (TPSA) is 255 Å². The Labute approximate surface area is 798 Å². The fourth-order valence-corrected chi connectivity index (χ4v) is 22.3. The van der Waals surface area contributed by atoms with Crippen LogP contribution < -0.4 is 14.2 Å². The second kappa shape index (κ2) is 41.7. The van der Waals surface area contributed by atoms with Crippen LogP contribution in [0, 0.1) is 11.3 Å². The summed E-state index contributed by atoms with van der Waals surface area (Å²) in [4.78, 5) is 7.96. The van der Waals surface area contributed by atoms with E-state index in [4.69, 9.17) is 42.6 Å². The van der Waals surface area contributed by atoms with E-state index >= 15 is 0 Å². The zero-order chi connectivity index (χ0) is 101. The van der Waals surface area contributed by atoms with Gasteiger partial charge < -0.3 is 56.3 Å². The van der Waals surface area contributed by atoms with Crippen LogP contribution >= 0.6 is 0 Å². The highest BCUT2D eigenvalue weighted by Crippen LogP contribution is 2.51. The summed E-state index contributed by atoms with van der Waals surface area (Å²) < 4.78 is 318. The highest BCUT2D eigenvalue weighted by atomic mass is 32.2. The molecular formula is C100H116F12O18S6. The van der Waals surface area contributed by atoms with E-state index in [1.165, 1.54) is 71.8 Å². The molecule has 9 aromatic rings. The fraction of sp³-hybridized carbons (Fsp3) is 0.460. The number of ether oxygens (including phenoxy) is 9. The molecule has 9 unspecified atom stereocenters. The van der Waals surface area contributed by atoms with Crippen LogP contribution in [0.3, 0.4) is 0 Å². The predicted molar refractivity (Wildman–Crippen MR) is 493 cm³/mol. The highest BCUT2D eigenvalue weighted by molar-refractivity contribution is 7.97. The maximum Gasteiger partial charge on any atom is 0.376 e. The minimum Gasteiger partial charge on any atom is -0.743 e. The first-order valence-corrected chi connectivity index (χ1v) is 51.6. The Morgan fingerprint density at radius 1 is 0.346 bits per heavy atom. The van der Waals surface area contributed by atoms with E-state index in [0.29, 0.717) is 35.5 Å². The summed E-state index contributed by atoms with van der Waals surface area (Å²) in [5, 5.41) is -13.8. The van der Waals surface area contributed by atoms with E-state index in [2.05, 4.69) is 142 Å². The lowest BCUT2D eigenvalue weighted by Gasteiger charge is -2.40. The molecule has 0 spiro atoms. The Kier molecular flexibility index (Phi) is 33.8. The largest absolute Gasteiger partial charge is 0.743 e. The van der Waals surface area contributed by atoms with Gasteiger partial charge in [-0.3, -0.25) is 0 Å². The van der Waals surface area contributed by atoms with E-state index in [1.54, 1.807) is 36.4 Å². The smallest absolute Gasteiger partial charge is 0.376 e. The lowest BCUT2D eigenvalue weighted by molar-refractivity contribution is -0.387. The molecule has 3 saturated heterocycles. The first-order chi connectivity index (χ1) is 62.5. The molecule has 0 radical (unpaired) electrons. The van der Waals surface area contributed by atoms with Gasteiger partial charge in [-0.15, -0.1) is 0 Å². The van der Waals surface area contributed by atoms with Crippen molar-refractivity contribution in [2.75, 3.05) is 33.0 Å². The first kappa shape index (κ1) is 110. The maximum atomic E-state index is 14.1. The van der Waals surface area contributed by atoms with Gasteiger partial charge in [-0.1, -0.05) is 119 Å². The van der Waals surface area contributed by atoms with Crippen molar-refractivity contribution >= 4 is 63.0 Å². The third kappa shape index (κ3) is 26.1. The summed E-state index contributed by atoms with van der Waals surface area (Å²) in [6, 6.07) is 65.4. The molecule has 12 rings (SSSR count). The Hall–Kier alpha value is -7.92. The maximum absolute atomic E-state index is 14.1. The lowest BCUT2D eigenvalue weighted by Crippen LogP contribution is -2.61. The van der Waals surface area contributed by atoms with Crippen molar-refractivity contribution in [3.8, 4) is 17.2 Å². The summed E-state index contributed by atoms with van der Waals surface area (Å²) in [5.41, 5.74) is 5.18. The van der Waals surface area contributed by atoms with Crippen molar-refractivity contribution < 1.29 is 134 Å². The van der Waals surface area contributed by atoms with Gasteiger partial charge in [-0.2, -0.15) is 52.7 Å². The SMILES string of the molecule is CC(Oc1ccc([S+](c2ccc(C(C)(C)C)cc2)c2ccc(C3(C)OCC(F)(F)C(F)(F)C(F)(F)CO3)cc2)cc1)C(F)(F)S(=O)(=O)[O-].CC(Oc1ccc([S+](c2ccc(C(C)(C)C)cc2)c2ccc(C3(C)OCCC(C)(C)CCO3)cc2)cc1)C(F)(F)S(=O)(=O)[O-].CC1CCOC(C)(c2ccc([S+](c3ccc(OC(C)C(F)(F)S(=O)(=O)[O-])cc3)c3ccc(C(C)(C)C)cc3)cc2)OC(C)C1. The molecule has 0 bridgehead atoms. The molecule has 9 atom stereocenters. The van der Waals surface area contributed by atoms with Gasteiger partial charge in [0.05, 0.1) is 58.6 Å². The second-order valence-corrected chi connectivity index (χ2v) is 48.7. The van der Waals surface area contributed by atoms with Crippen LogP contribution in [0.2, 0.25) is 0 Å². The zero-order valence-corrected chi connectivity index (χ0v) is 83.8. The molecule has 0 N–H and O–H groups in total. The Morgan fingerprint density at radius 3 is 0.809 bits per heavy atom. The molecular weight excluding hydrogens is 1910 g/mol. The van der Waals surface area contributed by atoms with Gasteiger partial charge in [0.25, 0.3) is 0 Å². The third-order valence-electron chi connectivity index (χ3n) is 23.7. The van der Waals surface area contributed by atoms with Gasteiger partial charge in [-0.05, 0) is 300 Å². The number of benzene rings is 9. The molecule has 0 amide bonds. The summed E-state index contributed by atoms with van der Waals surface area (Å²) in [5.74, 6) is -19.7.